The Morgan fingerprint density at radius 3 is 3.00 bits per heavy atom. The Hall–Kier alpha value is -0.220. The predicted molar refractivity (Wildman–Crippen MR) is 27.4 cm³/mol. The molecule has 0 atom stereocenters. The van der Waals surface area contributed by atoms with Crippen molar-refractivity contribution >= 4 is 17.1 Å². The van der Waals surface area contributed by atoms with Crippen molar-refractivity contribution in [1.29, 1.82) is 0 Å². The molecule has 3 nitrogen and oxygen atoms in total. The van der Waals surface area contributed by atoms with Crippen LogP contribution in [0.2, 0.25) is 0 Å². The molecule has 0 radical (unpaired) electrons. The number of nitrogens with zero attached hydrogens (tertiary/aromatic N) is 1. The van der Waals surface area contributed by atoms with E-state index in [1.165, 1.54) is 0 Å². The van der Waals surface area contributed by atoms with Gasteiger partial charge in [0.25, 0.3) is 0 Å². The molecule has 0 aromatic carbocycles. The number of rotatable bonds is 0. The molecule has 40 valence electrons. The normalized spacial score (nSPS) is 26.6. The lowest BCUT2D eigenvalue weighted by Gasteiger charge is -1.79. The van der Waals surface area contributed by atoms with Gasteiger partial charge in [-0.3, -0.25) is 0 Å². The van der Waals surface area contributed by atoms with Gasteiger partial charge in [0.05, 0.1) is 6.61 Å². The van der Waals surface area contributed by atoms with Crippen LogP contribution in [0.15, 0.2) is 5.16 Å². The van der Waals surface area contributed by atoms with Gasteiger partial charge in [0.1, 0.15) is 5.04 Å². The van der Waals surface area contributed by atoms with Crippen molar-refractivity contribution in [3.05, 3.63) is 0 Å². The zero-order valence-electron chi connectivity index (χ0n) is 3.63. The van der Waals surface area contributed by atoms with Crippen molar-refractivity contribution in [1.82, 2.24) is 0 Å². The standard InChI is InChI=1S/C3H5NO2S/c5-4-3-1-2-6-7-3/h5H,1-2H2/b4-3-. The first-order valence-electron chi connectivity index (χ1n) is 1.94. The van der Waals surface area contributed by atoms with Crippen molar-refractivity contribution in [3.63, 3.8) is 0 Å². The summed E-state index contributed by atoms with van der Waals surface area (Å²) in [6, 6.07) is 0. The average Bonchev–Trinajstić information content (AvgIpc) is 2.14. The third-order valence-corrected chi connectivity index (χ3v) is 1.43. The van der Waals surface area contributed by atoms with Crippen LogP contribution in [0.1, 0.15) is 6.42 Å². The Labute approximate surface area is 45.6 Å². The number of oxime groups is 1. The van der Waals surface area contributed by atoms with E-state index in [0.29, 0.717) is 11.7 Å². The van der Waals surface area contributed by atoms with Gasteiger partial charge >= 0.3 is 0 Å². The monoisotopic (exact) mass is 119 g/mol. The molecule has 1 aliphatic rings. The van der Waals surface area contributed by atoms with E-state index >= 15 is 0 Å². The highest BCUT2D eigenvalue weighted by molar-refractivity contribution is 8.10. The number of hydrogen-bond acceptors (Lipinski definition) is 4. The van der Waals surface area contributed by atoms with E-state index in [1.54, 1.807) is 0 Å². The summed E-state index contributed by atoms with van der Waals surface area (Å²) >= 11 is 1.14. The minimum Gasteiger partial charge on any atom is -0.410 e. The van der Waals surface area contributed by atoms with E-state index < -0.39 is 0 Å². The van der Waals surface area contributed by atoms with Crippen LogP contribution in [0.3, 0.4) is 0 Å². The number of hydrogen-bond donors (Lipinski definition) is 1. The van der Waals surface area contributed by atoms with E-state index in [4.69, 9.17) is 9.39 Å². The highest BCUT2D eigenvalue weighted by Gasteiger charge is 2.09. The molecule has 1 rings (SSSR count). The molecule has 1 saturated heterocycles. The van der Waals surface area contributed by atoms with Crippen molar-refractivity contribution < 1.29 is 9.39 Å². The molecule has 0 aliphatic carbocycles. The summed E-state index contributed by atoms with van der Waals surface area (Å²) in [7, 11) is 0. The van der Waals surface area contributed by atoms with Crippen LogP contribution in [-0.2, 0) is 4.18 Å². The van der Waals surface area contributed by atoms with Crippen LogP contribution in [-0.4, -0.2) is 16.9 Å². The molecule has 7 heavy (non-hydrogen) atoms. The second kappa shape index (κ2) is 2.18. The van der Waals surface area contributed by atoms with Crippen molar-refractivity contribution in [2.24, 2.45) is 5.16 Å². The molecule has 0 bridgehead atoms. The highest BCUT2D eigenvalue weighted by atomic mass is 32.2. The van der Waals surface area contributed by atoms with Crippen LogP contribution in [0.25, 0.3) is 0 Å². The van der Waals surface area contributed by atoms with Crippen LogP contribution >= 0.6 is 12.0 Å². The van der Waals surface area contributed by atoms with Gasteiger partial charge < -0.3 is 9.39 Å². The topological polar surface area (TPSA) is 41.8 Å². The Balaban J connectivity index is 2.41. The SMILES string of the molecule is O/N=C1/CCOS1. The van der Waals surface area contributed by atoms with Crippen LogP contribution in [0.5, 0.6) is 0 Å². The van der Waals surface area contributed by atoms with Gasteiger partial charge in [-0.15, -0.1) is 0 Å². The molecule has 1 heterocycles. The Morgan fingerprint density at radius 2 is 2.71 bits per heavy atom. The van der Waals surface area contributed by atoms with Gasteiger partial charge in [0.2, 0.25) is 0 Å². The van der Waals surface area contributed by atoms with Crippen LogP contribution in [0.4, 0.5) is 0 Å². The highest BCUT2D eigenvalue weighted by Crippen LogP contribution is 2.16. The zero-order chi connectivity index (χ0) is 5.11. The molecule has 1 aliphatic heterocycles. The Kier molecular flexibility index (Phi) is 1.54. The van der Waals surface area contributed by atoms with Crippen molar-refractivity contribution in [2.75, 3.05) is 6.61 Å². The fraction of sp³-hybridized carbons (Fsp3) is 0.667. The van der Waals surface area contributed by atoms with Gasteiger partial charge in [-0.2, -0.15) is 0 Å². The molecular weight excluding hydrogens is 114 g/mol. The molecule has 0 aromatic heterocycles. The van der Waals surface area contributed by atoms with Crippen molar-refractivity contribution in [3.8, 4) is 0 Å². The Bertz CT molecular complexity index is 84.9. The summed E-state index contributed by atoms with van der Waals surface area (Å²) < 4.78 is 4.77. The lowest BCUT2D eigenvalue weighted by molar-refractivity contribution is 0.319. The van der Waals surface area contributed by atoms with E-state index in [2.05, 4.69) is 5.16 Å². The molecule has 0 saturated carbocycles. The Morgan fingerprint density at radius 1 is 1.86 bits per heavy atom. The third-order valence-electron chi connectivity index (χ3n) is 0.666. The van der Waals surface area contributed by atoms with Gasteiger partial charge in [-0.05, 0) is 0 Å². The van der Waals surface area contributed by atoms with Gasteiger partial charge in [0, 0.05) is 18.5 Å². The minimum atomic E-state index is 0.667. The predicted octanol–water partition coefficient (Wildman–Crippen LogP) is 0.843. The van der Waals surface area contributed by atoms with Crippen molar-refractivity contribution in [2.45, 2.75) is 6.42 Å². The van der Waals surface area contributed by atoms with Crippen LogP contribution < -0.4 is 0 Å². The third kappa shape index (κ3) is 1.07. The maximum Gasteiger partial charge on any atom is 0.142 e. The van der Waals surface area contributed by atoms with E-state index in [0.717, 1.165) is 18.5 Å². The smallest absolute Gasteiger partial charge is 0.142 e. The van der Waals surface area contributed by atoms with E-state index in [9.17, 15) is 0 Å². The molecule has 4 heteroatoms. The summed E-state index contributed by atoms with van der Waals surface area (Å²) in [5.41, 5.74) is 0. The molecule has 0 amide bonds. The van der Waals surface area contributed by atoms with Gasteiger partial charge in [-0.25, -0.2) is 0 Å². The second-order valence-electron chi connectivity index (χ2n) is 1.15. The largest absolute Gasteiger partial charge is 0.410 e. The first-order chi connectivity index (χ1) is 3.43. The summed E-state index contributed by atoms with van der Waals surface area (Å²) in [4.78, 5) is 0. The zero-order valence-corrected chi connectivity index (χ0v) is 4.44. The summed E-state index contributed by atoms with van der Waals surface area (Å²) in [5, 5.41) is 11.7. The minimum absolute atomic E-state index is 0.667. The quantitative estimate of drug-likeness (QED) is 0.292. The second-order valence-corrected chi connectivity index (χ2v) is 2.02. The molecule has 0 unspecified atom stereocenters. The fourth-order valence-corrected chi connectivity index (χ4v) is 0.850. The summed E-state index contributed by atoms with van der Waals surface area (Å²) in [6.07, 6.45) is 0.751. The molecule has 1 N–H and O–H groups in total. The summed E-state index contributed by atoms with van der Waals surface area (Å²) in [6.45, 7) is 0.671. The van der Waals surface area contributed by atoms with E-state index in [1.807, 2.05) is 0 Å². The fourth-order valence-electron chi connectivity index (χ4n) is 0.347. The first kappa shape index (κ1) is 4.93. The molecular formula is C3H5NO2S. The molecule has 0 spiro atoms. The lowest BCUT2D eigenvalue weighted by atomic mass is 10.5. The average molecular weight is 119 g/mol. The van der Waals surface area contributed by atoms with E-state index in [-0.39, 0.29) is 0 Å². The van der Waals surface area contributed by atoms with Gasteiger partial charge in [0.15, 0.2) is 0 Å². The summed E-state index contributed by atoms with van der Waals surface area (Å²) in [5.74, 6) is 0. The maximum atomic E-state index is 8.05. The molecule has 0 aromatic rings. The maximum absolute atomic E-state index is 8.05. The molecule has 1 fully saturated rings. The first-order valence-corrected chi connectivity index (χ1v) is 2.68. The van der Waals surface area contributed by atoms with Gasteiger partial charge in [-0.1, -0.05) is 5.16 Å². The van der Waals surface area contributed by atoms with Crippen LogP contribution in [0, 0.1) is 0 Å². The lowest BCUT2D eigenvalue weighted by Crippen LogP contribution is -1.81.